The number of amides is 1. The molecule has 0 bridgehead atoms. The molecular weight excluding hydrogens is 212 g/mol. The molecule has 3 aliphatic rings. The lowest BCUT2D eigenvalue weighted by Crippen LogP contribution is -2.57. The summed E-state index contributed by atoms with van der Waals surface area (Å²) in [4.78, 5) is 14.8. The van der Waals surface area contributed by atoms with Crippen LogP contribution in [-0.2, 0) is 4.79 Å². The van der Waals surface area contributed by atoms with Crippen LogP contribution >= 0.6 is 0 Å². The van der Waals surface area contributed by atoms with Crippen LogP contribution in [0, 0.1) is 11.8 Å². The fourth-order valence-electron chi connectivity index (χ4n) is 3.99. The molecule has 3 unspecified atom stereocenters. The molecule has 0 aromatic heterocycles. The van der Waals surface area contributed by atoms with E-state index in [1.54, 1.807) is 0 Å². The van der Waals surface area contributed by atoms with E-state index < -0.39 is 0 Å². The van der Waals surface area contributed by atoms with Gasteiger partial charge in [-0.3, -0.25) is 4.79 Å². The van der Waals surface area contributed by atoms with Crippen molar-refractivity contribution in [2.75, 3.05) is 19.6 Å². The van der Waals surface area contributed by atoms with E-state index in [1.807, 2.05) is 0 Å². The molecule has 96 valence electrons. The summed E-state index contributed by atoms with van der Waals surface area (Å²) in [5, 5.41) is 3.45. The molecule has 3 fully saturated rings. The fraction of sp³-hybridized carbons (Fsp3) is 0.929. The van der Waals surface area contributed by atoms with Gasteiger partial charge >= 0.3 is 0 Å². The number of piperidine rings is 1. The Bertz CT molecular complexity index is 297. The Morgan fingerprint density at radius 1 is 1.18 bits per heavy atom. The monoisotopic (exact) mass is 236 g/mol. The van der Waals surface area contributed by atoms with E-state index in [4.69, 9.17) is 0 Å². The van der Waals surface area contributed by atoms with Gasteiger partial charge in [-0.25, -0.2) is 0 Å². The van der Waals surface area contributed by atoms with Gasteiger partial charge in [-0.1, -0.05) is 6.42 Å². The third-order valence-corrected chi connectivity index (χ3v) is 5.10. The first-order chi connectivity index (χ1) is 8.19. The van der Waals surface area contributed by atoms with Crippen molar-refractivity contribution in [2.45, 2.75) is 51.0 Å². The van der Waals surface area contributed by atoms with E-state index in [1.165, 1.54) is 32.1 Å². The molecule has 2 saturated heterocycles. The van der Waals surface area contributed by atoms with Crippen molar-refractivity contribution >= 4 is 5.91 Å². The summed E-state index contributed by atoms with van der Waals surface area (Å²) in [5.74, 6) is 1.99. The Balaban J connectivity index is 1.66. The largest absolute Gasteiger partial charge is 0.341 e. The molecule has 1 aliphatic carbocycles. The summed E-state index contributed by atoms with van der Waals surface area (Å²) in [6.07, 6.45) is 7.49. The van der Waals surface area contributed by atoms with Crippen LogP contribution in [0.2, 0.25) is 0 Å². The Labute approximate surface area is 104 Å². The normalized spacial score (nSPS) is 41.6. The summed E-state index contributed by atoms with van der Waals surface area (Å²) < 4.78 is 0. The van der Waals surface area contributed by atoms with Crippen molar-refractivity contribution in [1.29, 1.82) is 0 Å². The standard InChI is InChI=1S/C14H24N2O/c1-14(7-2-3-8-15-14)13(17)16-9-11-5-4-6-12(11)10-16/h11-12,15H,2-10H2,1H3. The quantitative estimate of drug-likeness (QED) is 0.752. The summed E-state index contributed by atoms with van der Waals surface area (Å²) in [5.41, 5.74) is -0.267. The summed E-state index contributed by atoms with van der Waals surface area (Å²) >= 11 is 0. The first kappa shape index (κ1) is 11.5. The number of rotatable bonds is 1. The van der Waals surface area contributed by atoms with E-state index in [0.717, 1.165) is 37.9 Å². The molecule has 1 amide bonds. The SMILES string of the molecule is CC1(C(=O)N2CC3CCCC3C2)CCCCN1. The molecule has 3 heteroatoms. The maximum absolute atomic E-state index is 12.6. The van der Waals surface area contributed by atoms with Crippen molar-refractivity contribution in [3.8, 4) is 0 Å². The molecule has 0 aromatic carbocycles. The molecule has 17 heavy (non-hydrogen) atoms. The van der Waals surface area contributed by atoms with Crippen molar-refractivity contribution in [3.63, 3.8) is 0 Å². The summed E-state index contributed by atoms with van der Waals surface area (Å²) in [6, 6.07) is 0. The zero-order chi connectivity index (χ0) is 11.9. The van der Waals surface area contributed by atoms with Gasteiger partial charge in [-0.2, -0.15) is 0 Å². The number of likely N-dealkylation sites (tertiary alicyclic amines) is 1. The zero-order valence-electron chi connectivity index (χ0n) is 10.9. The Hall–Kier alpha value is -0.570. The minimum Gasteiger partial charge on any atom is -0.341 e. The molecule has 2 heterocycles. The van der Waals surface area contributed by atoms with Gasteiger partial charge in [-0.15, -0.1) is 0 Å². The van der Waals surface area contributed by atoms with Crippen LogP contribution in [0.4, 0.5) is 0 Å². The predicted molar refractivity (Wildman–Crippen MR) is 67.7 cm³/mol. The van der Waals surface area contributed by atoms with Gasteiger partial charge in [0.2, 0.25) is 5.91 Å². The second-order valence-corrected chi connectivity index (χ2v) is 6.38. The number of hydrogen-bond donors (Lipinski definition) is 1. The lowest BCUT2D eigenvalue weighted by molar-refractivity contribution is -0.138. The van der Waals surface area contributed by atoms with Crippen LogP contribution in [0.15, 0.2) is 0 Å². The average Bonchev–Trinajstić information content (AvgIpc) is 2.89. The highest BCUT2D eigenvalue weighted by molar-refractivity contribution is 5.86. The van der Waals surface area contributed by atoms with Crippen molar-refractivity contribution in [1.82, 2.24) is 10.2 Å². The van der Waals surface area contributed by atoms with Gasteiger partial charge in [0.05, 0.1) is 5.54 Å². The third kappa shape index (κ3) is 1.99. The highest BCUT2D eigenvalue weighted by atomic mass is 16.2. The predicted octanol–water partition coefficient (Wildman–Crippen LogP) is 1.78. The van der Waals surface area contributed by atoms with E-state index in [2.05, 4.69) is 17.1 Å². The lowest BCUT2D eigenvalue weighted by Gasteiger charge is -2.37. The van der Waals surface area contributed by atoms with Crippen LogP contribution in [0.3, 0.4) is 0 Å². The molecule has 1 saturated carbocycles. The smallest absolute Gasteiger partial charge is 0.242 e. The van der Waals surface area contributed by atoms with Crippen molar-refractivity contribution in [3.05, 3.63) is 0 Å². The topological polar surface area (TPSA) is 32.3 Å². The van der Waals surface area contributed by atoms with Crippen molar-refractivity contribution in [2.24, 2.45) is 11.8 Å². The molecule has 0 spiro atoms. The van der Waals surface area contributed by atoms with Crippen LogP contribution in [0.25, 0.3) is 0 Å². The Kier molecular flexibility index (Phi) is 2.89. The number of nitrogens with zero attached hydrogens (tertiary/aromatic N) is 1. The molecule has 3 atom stereocenters. The molecule has 0 radical (unpaired) electrons. The maximum Gasteiger partial charge on any atom is 0.242 e. The third-order valence-electron chi connectivity index (χ3n) is 5.10. The number of hydrogen-bond acceptors (Lipinski definition) is 2. The van der Waals surface area contributed by atoms with E-state index in [9.17, 15) is 4.79 Å². The van der Waals surface area contributed by atoms with Crippen LogP contribution in [0.5, 0.6) is 0 Å². The number of fused-ring (bicyclic) bond motifs is 1. The van der Waals surface area contributed by atoms with Gasteiger partial charge in [-0.05, 0) is 57.4 Å². The zero-order valence-corrected chi connectivity index (χ0v) is 10.9. The van der Waals surface area contributed by atoms with Crippen molar-refractivity contribution < 1.29 is 4.79 Å². The van der Waals surface area contributed by atoms with Crippen LogP contribution in [-0.4, -0.2) is 36.0 Å². The highest BCUT2D eigenvalue weighted by Crippen LogP contribution is 2.38. The minimum absolute atomic E-state index is 0.267. The second kappa shape index (κ2) is 4.27. The molecule has 1 N–H and O–H groups in total. The number of nitrogens with one attached hydrogen (secondary N) is 1. The first-order valence-corrected chi connectivity index (χ1v) is 7.23. The van der Waals surface area contributed by atoms with E-state index in [-0.39, 0.29) is 5.54 Å². The van der Waals surface area contributed by atoms with Gasteiger partial charge < -0.3 is 10.2 Å². The lowest BCUT2D eigenvalue weighted by atomic mass is 9.89. The molecule has 3 nitrogen and oxygen atoms in total. The summed E-state index contributed by atoms with van der Waals surface area (Å²) in [7, 11) is 0. The second-order valence-electron chi connectivity index (χ2n) is 6.38. The summed E-state index contributed by atoms with van der Waals surface area (Å²) in [6.45, 7) is 5.16. The first-order valence-electron chi connectivity index (χ1n) is 7.23. The maximum atomic E-state index is 12.6. The molecule has 2 aliphatic heterocycles. The highest BCUT2D eigenvalue weighted by Gasteiger charge is 2.44. The van der Waals surface area contributed by atoms with E-state index >= 15 is 0 Å². The fourth-order valence-corrected chi connectivity index (χ4v) is 3.99. The van der Waals surface area contributed by atoms with Crippen LogP contribution < -0.4 is 5.32 Å². The molecule has 0 aromatic rings. The molecular formula is C14H24N2O. The average molecular weight is 236 g/mol. The number of carbonyl (C=O) groups excluding carboxylic acids is 1. The van der Waals surface area contributed by atoms with Gasteiger partial charge in [0.25, 0.3) is 0 Å². The Morgan fingerprint density at radius 3 is 2.47 bits per heavy atom. The van der Waals surface area contributed by atoms with Gasteiger partial charge in [0.1, 0.15) is 0 Å². The van der Waals surface area contributed by atoms with Gasteiger partial charge in [0, 0.05) is 13.1 Å². The van der Waals surface area contributed by atoms with E-state index in [0.29, 0.717) is 5.91 Å². The Morgan fingerprint density at radius 2 is 1.88 bits per heavy atom. The minimum atomic E-state index is -0.267. The van der Waals surface area contributed by atoms with Crippen LogP contribution in [0.1, 0.15) is 45.4 Å². The molecule has 3 rings (SSSR count). The van der Waals surface area contributed by atoms with Gasteiger partial charge in [0.15, 0.2) is 0 Å². The number of carbonyl (C=O) groups is 1.